The van der Waals surface area contributed by atoms with Gasteiger partial charge in [0.2, 0.25) is 11.8 Å². The lowest BCUT2D eigenvalue weighted by molar-refractivity contribution is -0.140. The topological polar surface area (TPSA) is 69.7 Å². The monoisotopic (exact) mass is 549 g/mol. The van der Waals surface area contributed by atoms with E-state index in [1.54, 1.807) is 16.7 Å². The number of nitrogens with zero attached hydrogens (tertiary/aromatic N) is 2. The smallest absolute Gasteiger partial charge is 0.258 e. The first-order valence-corrected chi connectivity index (χ1v) is 13.3. The number of rotatable bonds is 11. The maximum Gasteiger partial charge on any atom is 0.258 e. The van der Waals surface area contributed by atoms with Crippen LogP contribution >= 0.6 is 15.9 Å². The number of amides is 3. The van der Waals surface area contributed by atoms with Gasteiger partial charge in [0.05, 0.1) is 5.69 Å². The predicted octanol–water partition coefficient (Wildman–Crippen LogP) is 5.68. The minimum absolute atomic E-state index is 0.0235. The quantitative estimate of drug-likeness (QED) is 0.313. The van der Waals surface area contributed by atoms with Crippen LogP contribution in [-0.4, -0.2) is 41.8 Å². The fourth-order valence-corrected chi connectivity index (χ4v) is 4.90. The molecule has 0 radical (unpaired) electrons. The second kappa shape index (κ2) is 11.7. The second-order valence-corrected chi connectivity index (χ2v) is 10.1. The van der Waals surface area contributed by atoms with Crippen LogP contribution < -0.4 is 10.2 Å². The molecule has 0 aromatic heterocycles. The summed E-state index contributed by atoms with van der Waals surface area (Å²) >= 11 is 3.44. The average molecular weight is 550 g/mol. The van der Waals surface area contributed by atoms with Gasteiger partial charge in [-0.05, 0) is 55.0 Å². The van der Waals surface area contributed by atoms with Crippen molar-refractivity contribution < 1.29 is 14.4 Å². The van der Waals surface area contributed by atoms with Gasteiger partial charge in [-0.1, -0.05) is 65.7 Å². The molecule has 0 fully saturated rings. The van der Waals surface area contributed by atoms with Crippen LogP contribution in [0.15, 0.2) is 65.1 Å². The van der Waals surface area contributed by atoms with E-state index in [1.165, 1.54) is 0 Å². The predicted molar refractivity (Wildman–Crippen MR) is 147 cm³/mol. The summed E-state index contributed by atoms with van der Waals surface area (Å²) in [6.45, 7) is 5.25. The van der Waals surface area contributed by atoms with Gasteiger partial charge < -0.3 is 15.1 Å². The van der Waals surface area contributed by atoms with Gasteiger partial charge in [0.15, 0.2) is 0 Å². The number of benzene rings is 3. The highest BCUT2D eigenvalue weighted by Gasteiger charge is 2.30. The normalized spacial score (nSPS) is 13.2. The van der Waals surface area contributed by atoms with E-state index in [0.717, 1.165) is 39.3 Å². The van der Waals surface area contributed by atoms with Crippen molar-refractivity contribution >= 4 is 50.1 Å². The molecule has 1 aliphatic heterocycles. The van der Waals surface area contributed by atoms with Crippen molar-refractivity contribution in [3.63, 3.8) is 0 Å². The van der Waals surface area contributed by atoms with E-state index >= 15 is 0 Å². The van der Waals surface area contributed by atoms with Gasteiger partial charge >= 0.3 is 0 Å². The minimum Gasteiger partial charge on any atom is -0.354 e. The van der Waals surface area contributed by atoms with Crippen LogP contribution in [0, 0.1) is 0 Å². The molecule has 3 amide bonds. The lowest BCUT2D eigenvalue weighted by atomic mass is 10.1. The van der Waals surface area contributed by atoms with Crippen molar-refractivity contribution in [2.75, 3.05) is 18.0 Å². The van der Waals surface area contributed by atoms with Crippen LogP contribution in [0.4, 0.5) is 5.69 Å². The van der Waals surface area contributed by atoms with Crippen molar-refractivity contribution in [2.24, 2.45) is 0 Å². The first kappa shape index (κ1) is 25.9. The molecule has 1 aliphatic rings. The van der Waals surface area contributed by atoms with E-state index in [9.17, 15) is 14.4 Å². The Morgan fingerprint density at radius 3 is 2.47 bits per heavy atom. The highest BCUT2D eigenvalue weighted by molar-refractivity contribution is 9.10. The number of carbonyl (C=O) groups is 3. The summed E-state index contributed by atoms with van der Waals surface area (Å²) in [7, 11) is 0. The van der Waals surface area contributed by atoms with Gasteiger partial charge in [0.25, 0.3) is 5.91 Å². The highest BCUT2D eigenvalue weighted by Crippen LogP contribution is 2.37. The Kier molecular flexibility index (Phi) is 8.41. The van der Waals surface area contributed by atoms with E-state index in [-0.39, 0.29) is 24.1 Å². The molecule has 0 spiro atoms. The molecule has 0 saturated carbocycles. The molecule has 1 N–H and O–H groups in total. The first-order valence-electron chi connectivity index (χ1n) is 12.6. The van der Waals surface area contributed by atoms with Crippen molar-refractivity contribution in [3.8, 4) is 0 Å². The Labute approximate surface area is 220 Å². The van der Waals surface area contributed by atoms with E-state index in [4.69, 9.17) is 0 Å². The third-order valence-corrected chi connectivity index (χ3v) is 7.21. The number of hydrogen-bond donors (Lipinski definition) is 1. The Bertz CT molecular complexity index is 1250. The molecule has 0 bridgehead atoms. The van der Waals surface area contributed by atoms with Gasteiger partial charge in [-0.15, -0.1) is 0 Å². The van der Waals surface area contributed by atoms with Crippen LogP contribution in [0.5, 0.6) is 0 Å². The summed E-state index contributed by atoms with van der Waals surface area (Å²) < 4.78 is 0.959. The third kappa shape index (κ3) is 5.62. The van der Waals surface area contributed by atoms with Gasteiger partial charge in [-0.25, -0.2) is 0 Å². The highest BCUT2D eigenvalue weighted by atomic mass is 79.9. The zero-order chi connectivity index (χ0) is 25.7. The van der Waals surface area contributed by atoms with Crippen LogP contribution in [0.25, 0.3) is 10.8 Å². The zero-order valence-electron chi connectivity index (χ0n) is 20.8. The summed E-state index contributed by atoms with van der Waals surface area (Å²) in [6.07, 6.45) is 2.65. The molecule has 0 saturated heterocycles. The van der Waals surface area contributed by atoms with Crippen molar-refractivity contribution in [3.05, 3.63) is 76.3 Å². The Hall–Kier alpha value is -3.19. The van der Waals surface area contributed by atoms with Gasteiger partial charge in [0.1, 0.15) is 6.04 Å². The number of nitrogens with one attached hydrogen (secondary N) is 1. The summed E-state index contributed by atoms with van der Waals surface area (Å²) in [6, 6.07) is 18.9. The molecule has 3 aromatic carbocycles. The van der Waals surface area contributed by atoms with Crippen LogP contribution in [0.2, 0.25) is 0 Å². The number of unbranched alkanes of at least 4 members (excludes halogenated alkanes) is 1. The summed E-state index contributed by atoms with van der Waals surface area (Å²) in [4.78, 5) is 42.7. The molecule has 1 heterocycles. The molecule has 36 heavy (non-hydrogen) atoms. The second-order valence-electron chi connectivity index (χ2n) is 9.21. The molecule has 188 valence electrons. The molecule has 7 heteroatoms. The number of hydrogen-bond acceptors (Lipinski definition) is 3. The fraction of sp³-hybridized carbons (Fsp3) is 0.345. The zero-order valence-corrected chi connectivity index (χ0v) is 22.4. The van der Waals surface area contributed by atoms with E-state index < -0.39 is 6.04 Å². The Balaban J connectivity index is 1.44. The summed E-state index contributed by atoms with van der Waals surface area (Å²) in [5.41, 5.74) is 2.57. The molecular formula is C29H32BrN3O3. The van der Waals surface area contributed by atoms with Crippen molar-refractivity contribution in [1.29, 1.82) is 0 Å². The molecule has 6 nitrogen and oxygen atoms in total. The number of anilines is 1. The van der Waals surface area contributed by atoms with Crippen LogP contribution in [0.3, 0.4) is 0 Å². The molecule has 3 aromatic rings. The average Bonchev–Trinajstić information content (AvgIpc) is 3.16. The minimum atomic E-state index is -0.593. The molecule has 4 rings (SSSR count). The fourth-order valence-electron chi connectivity index (χ4n) is 4.64. The third-order valence-electron chi connectivity index (χ3n) is 6.68. The summed E-state index contributed by atoms with van der Waals surface area (Å²) in [5, 5.41) is 4.97. The van der Waals surface area contributed by atoms with Crippen molar-refractivity contribution in [2.45, 2.75) is 52.1 Å². The molecule has 1 unspecified atom stereocenters. The lowest BCUT2D eigenvalue weighted by Gasteiger charge is -2.29. The Morgan fingerprint density at radius 2 is 1.75 bits per heavy atom. The van der Waals surface area contributed by atoms with E-state index in [0.29, 0.717) is 31.6 Å². The van der Waals surface area contributed by atoms with Gasteiger partial charge in [-0.2, -0.15) is 0 Å². The maximum atomic E-state index is 13.4. The maximum absolute atomic E-state index is 13.4. The van der Waals surface area contributed by atoms with Gasteiger partial charge in [-0.3, -0.25) is 14.4 Å². The molecule has 1 atom stereocenters. The SMILES string of the molecule is CCCCNC(=O)C(C)N(Cc1ccc(Br)cc1)C(=O)CCCN1C(=O)c2cccc3cccc1c23. The standard InChI is InChI=1S/C29H32BrN3O3/c1-3-4-17-31-28(35)20(2)33(19-21-13-15-23(30)16-14-21)26(34)12-7-18-32-25-11-6-9-22-8-5-10-24(27(22)25)29(32)36/h5-6,8-11,13-16,20H,3-4,7,12,17-19H2,1-2H3,(H,31,35). The van der Waals surface area contributed by atoms with E-state index in [1.807, 2.05) is 60.7 Å². The van der Waals surface area contributed by atoms with Crippen molar-refractivity contribution in [1.82, 2.24) is 10.2 Å². The largest absolute Gasteiger partial charge is 0.354 e. The first-order chi connectivity index (χ1) is 17.4. The summed E-state index contributed by atoms with van der Waals surface area (Å²) in [5.74, 6) is -0.270. The number of carbonyl (C=O) groups excluding carboxylic acids is 3. The lowest BCUT2D eigenvalue weighted by Crippen LogP contribution is -2.47. The molecular weight excluding hydrogens is 518 g/mol. The van der Waals surface area contributed by atoms with Crippen LogP contribution in [-0.2, 0) is 16.1 Å². The van der Waals surface area contributed by atoms with Gasteiger partial charge in [0, 0.05) is 41.5 Å². The van der Waals surface area contributed by atoms with E-state index in [2.05, 4.69) is 28.2 Å². The van der Waals surface area contributed by atoms with Crippen LogP contribution in [0.1, 0.15) is 55.5 Å². The Morgan fingerprint density at radius 1 is 1.03 bits per heavy atom. The number of halogens is 1. The molecule has 0 aliphatic carbocycles.